The summed E-state index contributed by atoms with van der Waals surface area (Å²) in [7, 11) is 1.32. The van der Waals surface area contributed by atoms with Crippen molar-refractivity contribution in [3.05, 3.63) is 35.1 Å². The van der Waals surface area contributed by atoms with Gasteiger partial charge >= 0.3 is 6.09 Å². The second-order valence-corrected chi connectivity index (χ2v) is 4.50. The largest absolute Gasteiger partial charge is 0.486 e. The Morgan fingerprint density at radius 2 is 2.11 bits per heavy atom. The molecular weight excluding hydrogens is 266 g/mol. The maximum absolute atomic E-state index is 11.0. The van der Waals surface area contributed by atoms with Gasteiger partial charge in [-0.25, -0.2) is 9.78 Å². The minimum Gasteiger partial charge on any atom is -0.486 e. The molecule has 0 aliphatic heterocycles. The van der Waals surface area contributed by atoms with Gasteiger partial charge in [0.2, 0.25) is 0 Å². The lowest BCUT2D eigenvalue weighted by Crippen LogP contribution is -2.10. The lowest BCUT2D eigenvalue weighted by atomic mass is 10.3. The van der Waals surface area contributed by atoms with Crippen LogP contribution in [0.5, 0.6) is 5.75 Å². The molecule has 7 heteroatoms. The molecule has 0 bridgehead atoms. The highest BCUT2D eigenvalue weighted by molar-refractivity contribution is 7.05. The fourth-order valence-electron chi connectivity index (χ4n) is 1.35. The summed E-state index contributed by atoms with van der Waals surface area (Å²) in [5.41, 5.74) is 0.644. The lowest BCUT2D eigenvalue weighted by molar-refractivity contribution is 0.187. The number of nitrogens with one attached hydrogen (secondary N) is 1. The Morgan fingerprint density at radius 3 is 2.68 bits per heavy atom. The highest BCUT2D eigenvalue weighted by atomic mass is 32.1. The van der Waals surface area contributed by atoms with E-state index in [1.165, 1.54) is 18.6 Å². The van der Waals surface area contributed by atoms with Crippen LogP contribution in [0.1, 0.15) is 10.8 Å². The second kappa shape index (κ2) is 6.14. The van der Waals surface area contributed by atoms with Gasteiger partial charge in [0.25, 0.3) is 0 Å². The number of rotatable bonds is 4. The molecule has 100 valence electrons. The number of ether oxygens (including phenoxy) is 2. The topological polar surface area (TPSA) is 73.3 Å². The van der Waals surface area contributed by atoms with Crippen molar-refractivity contribution in [3.8, 4) is 5.75 Å². The van der Waals surface area contributed by atoms with Gasteiger partial charge in [-0.05, 0) is 42.7 Å². The van der Waals surface area contributed by atoms with E-state index in [4.69, 9.17) is 4.74 Å². The van der Waals surface area contributed by atoms with Gasteiger partial charge in [0.1, 0.15) is 18.2 Å². The molecule has 1 N–H and O–H groups in total. The zero-order valence-corrected chi connectivity index (χ0v) is 11.4. The number of amides is 1. The second-order valence-electron chi connectivity index (χ2n) is 3.66. The van der Waals surface area contributed by atoms with Crippen LogP contribution in [-0.4, -0.2) is 22.6 Å². The Balaban J connectivity index is 1.89. The van der Waals surface area contributed by atoms with Crippen LogP contribution in [0.3, 0.4) is 0 Å². The van der Waals surface area contributed by atoms with E-state index >= 15 is 0 Å². The molecule has 0 saturated heterocycles. The molecule has 0 unspecified atom stereocenters. The summed E-state index contributed by atoms with van der Waals surface area (Å²) in [5.74, 6) is 1.45. The SMILES string of the molecule is COC(=O)Nc1ccc(OCc2nc(C)ns2)cc1. The molecule has 0 radical (unpaired) electrons. The number of methoxy groups -OCH3 is 1. The summed E-state index contributed by atoms with van der Waals surface area (Å²) in [5, 5.41) is 3.39. The first-order chi connectivity index (χ1) is 9.17. The van der Waals surface area contributed by atoms with Crippen LogP contribution in [0, 0.1) is 6.92 Å². The molecular formula is C12H13N3O3S. The summed E-state index contributed by atoms with van der Waals surface area (Å²) >= 11 is 1.32. The number of nitrogens with zero attached hydrogens (tertiary/aromatic N) is 2. The van der Waals surface area contributed by atoms with Gasteiger partial charge in [0.05, 0.1) is 7.11 Å². The Kier molecular flexibility index (Phi) is 4.30. The molecule has 1 heterocycles. The molecule has 1 amide bonds. The van der Waals surface area contributed by atoms with Gasteiger partial charge in [-0.15, -0.1) is 0 Å². The molecule has 0 spiro atoms. The summed E-state index contributed by atoms with van der Waals surface area (Å²) < 4.78 is 14.1. The average molecular weight is 279 g/mol. The smallest absolute Gasteiger partial charge is 0.411 e. The quantitative estimate of drug-likeness (QED) is 0.931. The summed E-state index contributed by atoms with van der Waals surface area (Å²) in [4.78, 5) is 15.2. The van der Waals surface area contributed by atoms with Crippen molar-refractivity contribution < 1.29 is 14.3 Å². The molecule has 0 atom stereocenters. The highest BCUT2D eigenvalue weighted by Gasteiger charge is 2.03. The number of carbonyl (C=O) groups excluding carboxylic acids is 1. The van der Waals surface area contributed by atoms with Crippen LogP contribution in [-0.2, 0) is 11.3 Å². The number of hydrogen-bond donors (Lipinski definition) is 1. The number of anilines is 1. The molecule has 1 aromatic heterocycles. The third-order valence-corrected chi connectivity index (χ3v) is 2.99. The van der Waals surface area contributed by atoms with Crippen molar-refractivity contribution in [2.24, 2.45) is 0 Å². The lowest BCUT2D eigenvalue weighted by Gasteiger charge is -2.06. The van der Waals surface area contributed by atoms with E-state index in [9.17, 15) is 4.79 Å². The molecule has 2 aromatic rings. The number of aryl methyl sites for hydroxylation is 1. The Morgan fingerprint density at radius 1 is 1.37 bits per heavy atom. The molecule has 0 aliphatic carbocycles. The van der Waals surface area contributed by atoms with Crippen LogP contribution in [0.4, 0.5) is 10.5 Å². The fraction of sp³-hybridized carbons (Fsp3) is 0.250. The maximum atomic E-state index is 11.0. The van der Waals surface area contributed by atoms with Gasteiger partial charge in [-0.1, -0.05) is 0 Å². The fourth-order valence-corrected chi connectivity index (χ4v) is 1.91. The van der Waals surface area contributed by atoms with Crippen molar-refractivity contribution in [2.45, 2.75) is 13.5 Å². The van der Waals surface area contributed by atoms with E-state index in [1.54, 1.807) is 24.3 Å². The molecule has 2 rings (SSSR count). The first kappa shape index (κ1) is 13.3. The maximum Gasteiger partial charge on any atom is 0.411 e. The average Bonchev–Trinajstić information content (AvgIpc) is 2.83. The van der Waals surface area contributed by atoms with Gasteiger partial charge in [0, 0.05) is 5.69 Å². The predicted octanol–water partition coefficient (Wildman–Crippen LogP) is 2.60. The first-order valence-electron chi connectivity index (χ1n) is 5.54. The molecule has 0 aliphatic rings. The van der Waals surface area contributed by atoms with E-state index < -0.39 is 6.09 Å². The predicted molar refractivity (Wildman–Crippen MR) is 71.4 cm³/mol. The summed E-state index contributed by atoms with van der Waals surface area (Å²) in [6.45, 7) is 2.22. The van der Waals surface area contributed by atoms with E-state index in [0.717, 1.165) is 10.8 Å². The number of hydrogen-bond acceptors (Lipinski definition) is 6. The molecule has 6 nitrogen and oxygen atoms in total. The molecule has 0 fully saturated rings. The van der Waals surface area contributed by atoms with Crippen molar-refractivity contribution in [1.82, 2.24) is 9.36 Å². The third kappa shape index (κ3) is 3.92. The Hall–Kier alpha value is -2.15. The number of benzene rings is 1. The van der Waals surface area contributed by atoms with Crippen LogP contribution < -0.4 is 10.1 Å². The van der Waals surface area contributed by atoms with Gasteiger partial charge in [-0.2, -0.15) is 4.37 Å². The van der Waals surface area contributed by atoms with E-state index in [2.05, 4.69) is 19.4 Å². The monoisotopic (exact) mass is 279 g/mol. The molecule has 0 saturated carbocycles. The van der Waals surface area contributed by atoms with Crippen molar-refractivity contribution in [1.29, 1.82) is 0 Å². The van der Waals surface area contributed by atoms with E-state index in [-0.39, 0.29) is 0 Å². The zero-order valence-electron chi connectivity index (χ0n) is 10.5. The molecule has 19 heavy (non-hydrogen) atoms. The summed E-state index contributed by atoms with van der Waals surface area (Å²) in [6.07, 6.45) is -0.502. The third-order valence-electron chi connectivity index (χ3n) is 2.22. The van der Waals surface area contributed by atoms with E-state index in [0.29, 0.717) is 18.0 Å². The van der Waals surface area contributed by atoms with Gasteiger partial charge in [-0.3, -0.25) is 5.32 Å². The standard InChI is InChI=1S/C12H13N3O3S/c1-8-13-11(19-15-8)7-18-10-5-3-9(4-6-10)14-12(16)17-2/h3-6H,7H2,1-2H3,(H,14,16). The zero-order chi connectivity index (χ0) is 13.7. The number of aromatic nitrogens is 2. The highest BCUT2D eigenvalue weighted by Crippen LogP contribution is 2.17. The van der Waals surface area contributed by atoms with Crippen molar-refractivity contribution in [3.63, 3.8) is 0 Å². The normalized spacial score (nSPS) is 10.0. The minimum atomic E-state index is -0.502. The summed E-state index contributed by atoms with van der Waals surface area (Å²) in [6, 6.07) is 6.99. The van der Waals surface area contributed by atoms with Crippen LogP contribution in [0.25, 0.3) is 0 Å². The van der Waals surface area contributed by atoms with E-state index in [1.807, 2.05) is 6.92 Å². The first-order valence-corrected chi connectivity index (χ1v) is 6.32. The number of carbonyl (C=O) groups is 1. The van der Waals surface area contributed by atoms with Gasteiger partial charge < -0.3 is 9.47 Å². The van der Waals surface area contributed by atoms with Gasteiger partial charge in [0.15, 0.2) is 5.01 Å². The minimum absolute atomic E-state index is 0.384. The van der Waals surface area contributed by atoms with Crippen LogP contribution in [0.2, 0.25) is 0 Å². The van der Waals surface area contributed by atoms with Crippen molar-refractivity contribution >= 4 is 23.3 Å². The Bertz CT molecular complexity index is 554. The van der Waals surface area contributed by atoms with Crippen molar-refractivity contribution in [2.75, 3.05) is 12.4 Å². The van der Waals surface area contributed by atoms with Crippen LogP contribution >= 0.6 is 11.5 Å². The Labute approximate surface area is 114 Å². The molecule has 1 aromatic carbocycles. The van der Waals surface area contributed by atoms with Crippen LogP contribution in [0.15, 0.2) is 24.3 Å².